The van der Waals surface area contributed by atoms with Crippen LogP contribution in [0.25, 0.3) is 6.08 Å². The molecule has 110 valence electrons. The minimum Gasteiger partial charge on any atom is -0.465 e. The lowest BCUT2D eigenvalue weighted by Crippen LogP contribution is -2.19. The van der Waals surface area contributed by atoms with Crippen molar-refractivity contribution in [2.24, 2.45) is 4.99 Å². The summed E-state index contributed by atoms with van der Waals surface area (Å²) in [5.41, 5.74) is 0.192. The maximum absolute atomic E-state index is 13.5. The molecule has 0 bridgehead atoms. The number of rotatable bonds is 3. The van der Waals surface area contributed by atoms with Crippen molar-refractivity contribution < 1.29 is 13.6 Å². The maximum atomic E-state index is 13.5. The summed E-state index contributed by atoms with van der Waals surface area (Å²) >= 11 is 1.16. The SMILES string of the molecule is O=C1NC(=Nc2ccccc2F)SC1=CC=Cc1ccco1. The van der Waals surface area contributed by atoms with Crippen LogP contribution < -0.4 is 5.32 Å². The molecule has 1 aromatic heterocycles. The third-order valence-corrected chi connectivity index (χ3v) is 3.70. The summed E-state index contributed by atoms with van der Waals surface area (Å²) in [6.45, 7) is 0. The van der Waals surface area contributed by atoms with Crippen LogP contribution in [-0.2, 0) is 4.79 Å². The minimum atomic E-state index is -0.431. The highest BCUT2D eigenvalue weighted by Crippen LogP contribution is 2.27. The van der Waals surface area contributed by atoms with Crippen LogP contribution in [0.4, 0.5) is 10.1 Å². The Hall–Kier alpha value is -2.60. The smallest absolute Gasteiger partial charge is 0.264 e. The quantitative estimate of drug-likeness (QED) is 0.875. The van der Waals surface area contributed by atoms with Crippen LogP contribution in [0, 0.1) is 5.82 Å². The van der Waals surface area contributed by atoms with Gasteiger partial charge in [0.15, 0.2) is 5.17 Å². The summed E-state index contributed by atoms with van der Waals surface area (Å²) in [7, 11) is 0. The number of aliphatic imine (C=N–C) groups is 1. The van der Waals surface area contributed by atoms with Crippen molar-refractivity contribution in [3.05, 3.63) is 71.3 Å². The van der Waals surface area contributed by atoms with E-state index >= 15 is 0 Å². The topological polar surface area (TPSA) is 54.6 Å². The van der Waals surface area contributed by atoms with Crippen molar-refractivity contribution in [1.29, 1.82) is 0 Å². The fourth-order valence-corrected chi connectivity index (χ4v) is 2.55. The Balaban J connectivity index is 1.74. The van der Waals surface area contributed by atoms with E-state index in [4.69, 9.17) is 4.42 Å². The largest absolute Gasteiger partial charge is 0.465 e. The van der Waals surface area contributed by atoms with E-state index in [1.807, 2.05) is 6.07 Å². The van der Waals surface area contributed by atoms with Gasteiger partial charge >= 0.3 is 0 Å². The summed E-state index contributed by atoms with van der Waals surface area (Å²) in [5.74, 6) is 0.00433. The number of furan rings is 1. The first-order valence-corrected chi connectivity index (χ1v) is 7.28. The number of para-hydroxylation sites is 1. The van der Waals surface area contributed by atoms with E-state index in [0.717, 1.165) is 11.8 Å². The van der Waals surface area contributed by atoms with E-state index in [1.165, 1.54) is 6.07 Å². The number of halogens is 1. The highest BCUT2D eigenvalue weighted by Gasteiger charge is 2.23. The Bertz CT molecular complexity index is 779. The maximum Gasteiger partial charge on any atom is 0.264 e. The van der Waals surface area contributed by atoms with Crippen molar-refractivity contribution in [2.45, 2.75) is 0 Å². The predicted molar refractivity (Wildman–Crippen MR) is 85.1 cm³/mol. The molecule has 1 amide bonds. The van der Waals surface area contributed by atoms with E-state index in [0.29, 0.717) is 15.8 Å². The van der Waals surface area contributed by atoms with Crippen LogP contribution in [0.2, 0.25) is 0 Å². The number of amides is 1. The molecule has 6 heteroatoms. The number of hydrogen-bond acceptors (Lipinski definition) is 4. The summed E-state index contributed by atoms with van der Waals surface area (Å²) < 4.78 is 18.7. The molecule has 1 aliphatic heterocycles. The second-order valence-corrected chi connectivity index (χ2v) is 5.36. The van der Waals surface area contributed by atoms with E-state index in [1.54, 1.807) is 48.8 Å². The van der Waals surface area contributed by atoms with Gasteiger partial charge < -0.3 is 9.73 Å². The molecule has 2 aromatic rings. The molecule has 3 rings (SSSR count). The summed E-state index contributed by atoms with van der Waals surface area (Å²) in [5, 5.41) is 2.96. The van der Waals surface area contributed by atoms with Gasteiger partial charge in [-0.25, -0.2) is 9.38 Å². The molecule has 0 radical (unpaired) electrons. The zero-order chi connectivity index (χ0) is 15.4. The lowest BCUT2D eigenvalue weighted by atomic mass is 10.3. The molecule has 0 aliphatic carbocycles. The molecule has 1 N–H and O–H groups in total. The molecule has 0 unspecified atom stereocenters. The highest BCUT2D eigenvalue weighted by molar-refractivity contribution is 8.18. The van der Waals surface area contributed by atoms with Gasteiger partial charge in [-0.3, -0.25) is 4.79 Å². The molecule has 0 atom stereocenters. The van der Waals surface area contributed by atoms with Gasteiger partial charge in [0.1, 0.15) is 17.3 Å². The molecule has 0 saturated carbocycles. The van der Waals surface area contributed by atoms with Crippen LogP contribution in [0.1, 0.15) is 5.76 Å². The van der Waals surface area contributed by atoms with E-state index < -0.39 is 5.82 Å². The molecule has 2 heterocycles. The van der Waals surface area contributed by atoms with Crippen LogP contribution in [0.5, 0.6) is 0 Å². The molecular weight excluding hydrogens is 303 g/mol. The first kappa shape index (κ1) is 14.3. The number of thioether (sulfide) groups is 1. The lowest BCUT2D eigenvalue weighted by Gasteiger charge is -1.97. The molecule has 1 saturated heterocycles. The van der Waals surface area contributed by atoms with Gasteiger partial charge in [-0.15, -0.1) is 0 Å². The minimum absolute atomic E-state index is 0.192. The van der Waals surface area contributed by atoms with Crippen molar-refractivity contribution in [3.8, 4) is 0 Å². The summed E-state index contributed by atoms with van der Waals surface area (Å²) in [6.07, 6.45) is 6.69. The second kappa shape index (κ2) is 6.44. The molecule has 1 fully saturated rings. The van der Waals surface area contributed by atoms with Gasteiger partial charge in [0.05, 0.1) is 11.2 Å². The zero-order valence-electron chi connectivity index (χ0n) is 11.3. The van der Waals surface area contributed by atoms with E-state index in [9.17, 15) is 9.18 Å². The normalized spacial score (nSPS) is 18.5. The molecule has 0 spiro atoms. The number of nitrogens with one attached hydrogen (secondary N) is 1. The summed E-state index contributed by atoms with van der Waals surface area (Å²) in [4.78, 5) is 16.4. The molecule has 1 aromatic carbocycles. The average molecular weight is 314 g/mol. The Kier molecular flexibility index (Phi) is 4.20. The third-order valence-electron chi connectivity index (χ3n) is 2.78. The monoisotopic (exact) mass is 314 g/mol. The van der Waals surface area contributed by atoms with Crippen LogP contribution in [0.15, 0.2) is 69.1 Å². The van der Waals surface area contributed by atoms with Gasteiger partial charge in [-0.1, -0.05) is 18.2 Å². The fourth-order valence-electron chi connectivity index (χ4n) is 1.76. The van der Waals surface area contributed by atoms with Gasteiger partial charge in [-0.2, -0.15) is 0 Å². The first-order valence-electron chi connectivity index (χ1n) is 6.47. The highest BCUT2D eigenvalue weighted by atomic mass is 32.2. The molecular formula is C16H11FN2O2S. The van der Waals surface area contributed by atoms with Gasteiger partial charge in [0, 0.05) is 0 Å². The van der Waals surface area contributed by atoms with Gasteiger partial charge in [-0.05, 0) is 48.2 Å². The summed E-state index contributed by atoms with van der Waals surface area (Å²) in [6, 6.07) is 9.74. The van der Waals surface area contributed by atoms with E-state index in [2.05, 4.69) is 10.3 Å². The Morgan fingerprint density at radius 1 is 1.23 bits per heavy atom. The van der Waals surface area contributed by atoms with Crippen LogP contribution in [0.3, 0.4) is 0 Å². The average Bonchev–Trinajstić information content (AvgIpc) is 3.12. The van der Waals surface area contributed by atoms with Gasteiger partial charge in [0.25, 0.3) is 5.91 Å². The number of hydrogen-bond donors (Lipinski definition) is 1. The predicted octanol–water partition coefficient (Wildman–Crippen LogP) is 3.87. The Morgan fingerprint density at radius 2 is 2.09 bits per heavy atom. The Labute approximate surface area is 130 Å². The molecule has 1 aliphatic rings. The van der Waals surface area contributed by atoms with Crippen molar-refractivity contribution in [1.82, 2.24) is 5.32 Å². The standard InChI is InChI=1S/C16H11FN2O2S/c17-12-7-1-2-8-13(12)18-16-19-15(20)14(22-16)9-3-5-11-6-4-10-21-11/h1-10H,(H,18,19,20). The number of carbonyl (C=O) groups excluding carboxylic acids is 1. The van der Waals surface area contributed by atoms with Crippen molar-refractivity contribution in [3.63, 3.8) is 0 Å². The number of carbonyl (C=O) groups is 1. The molecule has 4 nitrogen and oxygen atoms in total. The number of amidine groups is 1. The fraction of sp³-hybridized carbons (Fsp3) is 0. The Morgan fingerprint density at radius 3 is 2.86 bits per heavy atom. The molecule has 22 heavy (non-hydrogen) atoms. The van der Waals surface area contributed by atoms with Gasteiger partial charge in [0.2, 0.25) is 0 Å². The number of nitrogens with zero attached hydrogens (tertiary/aromatic N) is 1. The second-order valence-electron chi connectivity index (χ2n) is 4.33. The number of benzene rings is 1. The first-order chi connectivity index (χ1) is 10.7. The van der Waals surface area contributed by atoms with Crippen LogP contribution in [-0.4, -0.2) is 11.1 Å². The third kappa shape index (κ3) is 3.35. The zero-order valence-corrected chi connectivity index (χ0v) is 12.1. The lowest BCUT2D eigenvalue weighted by molar-refractivity contribution is -0.115. The number of allylic oxidation sites excluding steroid dienone is 2. The van der Waals surface area contributed by atoms with Crippen LogP contribution >= 0.6 is 11.8 Å². The van der Waals surface area contributed by atoms with E-state index in [-0.39, 0.29) is 11.6 Å². The van der Waals surface area contributed by atoms with Crippen molar-refractivity contribution in [2.75, 3.05) is 0 Å². The van der Waals surface area contributed by atoms with Crippen molar-refractivity contribution >= 4 is 34.6 Å².